The first-order valence-electron chi connectivity index (χ1n) is 4.02. The van der Waals surface area contributed by atoms with Crippen LogP contribution in [0.1, 0.15) is 19.2 Å². The molecule has 0 atom stereocenters. The number of alkyl halides is 5. The summed E-state index contributed by atoms with van der Waals surface area (Å²) >= 11 is 0. The molecule has 0 saturated heterocycles. The highest BCUT2D eigenvalue weighted by molar-refractivity contribution is 4.97. The van der Waals surface area contributed by atoms with E-state index >= 15 is 0 Å². The molecule has 0 radical (unpaired) electrons. The van der Waals surface area contributed by atoms with Gasteiger partial charge in [-0.25, -0.2) is 4.68 Å². The van der Waals surface area contributed by atoms with Crippen molar-refractivity contribution in [2.75, 3.05) is 0 Å². The van der Waals surface area contributed by atoms with E-state index < -0.39 is 17.9 Å². The number of rotatable bonds is 3. The number of halogens is 5. The van der Waals surface area contributed by atoms with Gasteiger partial charge in [-0.3, -0.25) is 0 Å². The second-order valence-corrected chi connectivity index (χ2v) is 2.80. The summed E-state index contributed by atoms with van der Waals surface area (Å²) in [5.41, 5.74) is 0. The first kappa shape index (κ1) is 11.8. The first-order valence-corrected chi connectivity index (χ1v) is 4.02. The first-order chi connectivity index (χ1) is 6.80. The molecule has 0 amide bonds. The van der Waals surface area contributed by atoms with Gasteiger partial charge in [-0.15, -0.1) is 5.10 Å². The summed E-state index contributed by atoms with van der Waals surface area (Å²) in [7, 11) is 0. The van der Waals surface area contributed by atoms with Gasteiger partial charge < -0.3 is 0 Å². The van der Waals surface area contributed by atoms with Crippen molar-refractivity contribution in [3.05, 3.63) is 5.82 Å². The third-order valence-electron chi connectivity index (χ3n) is 1.60. The molecule has 0 unspecified atom stereocenters. The maximum Gasteiger partial charge on any atom is 0.461 e. The molecular formula is C6H7F5N4. The highest BCUT2D eigenvalue weighted by Crippen LogP contribution is 2.42. The zero-order chi connectivity index (χ0) is 11.7. The second-order valence-electron chi connectivity index (χ2n) is 2.80. The van der Waals surface area contributed by atoms with Crippen molar-refractivity contribution in [2.24, 2.45) is 0 Å². The quantitative estimate of drug-likeness (QED) is 0.743. The summed E-state index contributed by atoms with van der Waals surface area (Å²) in [5.74, 6) is -6.50. The largest absolute Gasteiger partial charge is 0.461 e. The van der Waals surface area contributed by atoms with Gasteiger partial charge in [0.2, 0.25) is 5.82 Å². The molecule has 9 heteroatoms. The van der Waals surface area contributed by atoms with Gasteiger partial charge in [0.25, 0.3) is 0 Å². The summed E-state index contributed by atoms with van der Waals surface area (Å²) in [6.45, 7) is 1.52. The summed E-state index contributed by atoms with van der Waals surface area (Å²) in [6.07, 6.45) is -5.33. The maximum absolute atomic E-state index is 12.8. The Bertz CT molecular complexity index is 331. The number of hydrogen-bond acceptors (Lipinski definition) is 3. The molecule has 0 aliphatic rings. The van der Waals surface area contributed by atoms with Gasteiger partial charge in [0.15, 0.2) is 0 Å². The number of nitrogens with zero attached hydrogens (tertiary/aromatic N) is 4. The van der Waals surface area contributed by atoms with E-state index in [0.717, 1.165) is 0 Å². The molecule has 4 nitrogen and oxygen atoms in total. The van der Waals surface area contributed by atoms with Gasteiger partial charge in [-0.2, -0.15) is 22.0 Å². The van der Waals surface area contributed by atoms with Gasteiger partial charge >= 0.3 is 12.1 Å². The number of aryl methyl sites for hydroxylation is 1. The normalized spacial score (nSPS) is 13.2. The van der Waals surface area contributed by atoms with Crippen molar-refractivity contribution < 1.29 is 22.0 Å². The van der Waals surface area contributed by atoms with Crippen LogP contribution in [0.3, 0.4) is 0 Å². The minimum Gasteiger partial charge on any atom is -0.224 e. The average Bonchev–Trinajstić information content (AvgIpc) is 2.51. The van der Waals surface area contributed by atoms with Crippen LogP contribution >= 0.6 is 0 Å². The molecular weight excluding hydrogens is 223 g/mol. The zero-order valence-electron chi connectivity index (χ0n) is 7.59. The van der Waals surface area contributed by atoms with Crippen LogP contribution in [0.25, 0.3) is 0 Å². The molecule has 0 bridgehead atoms. The molecule has 1 aromatic rings. The van der Waals surface area contributed by atoms with Crippen LogP contribution in [0.4, 0.5) is 22.0 Å². The topological polar surface area (TPSA) is 43.6 Å². The summed E-state index contributed by atoms with van der Waals surface area (Å²) in [4.78, 5) is 0. The Balaban J connectivity index is 3.09. The Hall–Kier alpha value is -1.28. The Morgan fingerprint density at radius 1 is 1.20 bits per heavy atom. The third-order valence-corrected chi connectivity index (χ3v) is 1.60. The van der Waals surface area contributed by atoms with Crippen LogP contribution in [0.5, 0.6) is 0 Å². The Labute approximate surface area is 81.1 Å². The van der Waals surface area contributed by atoms with Crippen LogP contribution in [-0.4, -0.2) is 26.4 Å². The molecule has 86 valence electrons. The lowest BCUT2D eigenvalue weighted by Crippen LogP contribution is -2.36. The van der Waals surface area contributed by atoms with E-state index in [4.69, 9.17) is 0 Å². The van der Waals surface area contributed by atoms with E-state index in [2.05, 4.69) is 15.5 Å². The van der Waals surface area contributed by atoms with E-state index in [0.29, 0.717) is 11.1 Å². The van der Waals surface area contributed by atoms with Crippen molar-refractivity contribution in [2.45, 2.75) is 32.0 Å². The van der Waals surface area contributed by atoms with Crippen LogP contribution in [0.15, 0.2) is 0 Å². The number of hydrogen-bond donors (Lipinski definition) is 0. The Morgan fingerprint density at radius 2 is 1.80 bits per heavy atom. The maximum atomic E-state index is 12.8. The monoisotopic (exact) mass is 230 g/mol. The molecule has 0 aliphatic carbocycles. The fraction of sp³-hybridized carbons (Fsp3) is 0.833. The summed E-state index contributed by atoms with van der Waals surface area (Å²) in [6, 6.07) is 0. The minimum atomic E-state index is -5.69. The van der Waals surface area contributed by atoms with Crippen molar-refractivity contribution in [3.63, 3.8) is 0 Å². The van der Waals surface area contributed by atoms with Crippen LogP contribution in [-0.2, 0) is 12.5 Å². The van der Waals surface area contributed by atoms with Crippen molar-refractivity contribution >= 4 is 0 Å². The average molecular weight is 230 g/mol. The Morgan fingerprint density at radius 3 is 2.27 bits per heavy atom. The van der Waals surface area contributed by atoms with E-state index in [9.17, 15) is 22.0 Å². The fourth-order valence-corrected chi connectivity index (χ4v) is 0.919. The van der Waals surface area contributed by atoms with Gasteiger partial charge in [-0.1, -0.05) is 6.92 Å². The molecule has 15 heavy (non-hydrogen) atoms. The van der Waals surface area contributed by atoms with E-state index in [1.54, 1.807) is 6.92 Å². The lowest BCUT2D eigenvalue weighted by Gasteiger charge is -2.18. The molecule has 1 rings (SSSR count). The Kier molecular flexibility index (Phi) is 2.91. The number of tetrazole rings is 1. The van der Waals surface area contributed by atoms with Gasteiger partial charge in [-0.05, 0) is 16.8 Å². The molecule has 0 spiro atoms. The van der Waals surface area contributed by atoms with E-state index in [-0.39, 0.29) is 6.54 Å². The standard InChI is InChI=1S/C6H7F5N4/c1-2-3-15-4(12-13-14-15)5(7,8)6(9,10)11/h2-3H2,1H3. The van der Waals surface area contributed by atoms with Crippen molar-refractivity contribution in [1.82, 2.24) is 20.2 Å². The fourth-order valence-electron chi connectivity index (χ4n) is 0.919. The predicted octanol–water partition coefficient (Wildman–Crippen LogP) is 1.74. The third kappa shape index (κ3) is 2.05. The second kappa shape index (κ2) is 3.70. The molecule has 0 N–H and O–H groups in total. The molecule has 0 aliphatic heterocycles. The van der Waals surface area contributed by atoms with Crippen LogP contribution < -0.4 is 0 Å². The van der Waals surface area contributed by atoms with Crippen LogP contribution in [0.2, 0.25) is 0 Å². The smallest absolute Gasteiger partial charge is 0.224 e. The highest BCUT2D eigenvalue weighted by Gasteiger charge is 2.62. The molecule has 0 saturated carbocycles. The molecule has 1 heterocycles. The van der Waals surface area contributed by atoms with Crippen LogP contribution in [0, 0.1) is 0 Å². The molecule has 1 aromatic heterocycles. The minimum absolute atomic E-state index is 0.0893. The van der Waals surface area contributed by atoms with Gasteiger partial charge in [0, 0.05) is 6.54 Å². The zero-order valence-corrected chi connectivity index (χ0v) is 7.59. The van der Waals surface area contributed by atoms with E-state index in [1.807, 2.05) is 0 Å². The van der Waals surface area contributed by atoms with Crippen molar-refractivity contribution in [3.8, 4) is 0 Å². The van der Waals surface area contributed by atoms with Crippen molar-refractivity contribution in [1.29, 1.82) is 0 Å². The highest BCUT2D eigenvalue weighted by atomic mass is 19.4. The molecule has 0 fully saturated rings. The lowest BCUT2D eigenvalue weighted by molar-refractivity contribution is -0.293. The van der Waals surface area contributed by atoms with Gasteiger partial charge in [0.05, 0.1) is 0 Å². The summed E-state index contributed by atoms with van der Waals surface area (Å²) < 4.78 is 61.9. The molecule has 0 aromatic carbocycles. The predicted molar refractivity (Wildman–Crippen MR) is 38.1 cm³/mol. The number of aromatic nitrogens is 4. The lowest BCUT2D eigenvalue weighted by atomic mass is 10.3. The SMILES string of the molecule is CCCn1nnnc1C(F)(F)C(F)(F)F. The summed E-state index contributed by atoms with van der Waals surface area (Å²) in [5, 5.41) is 8.57. The van der Waals surface area contributed by atoms with Gasteiger partial charge in [0.1, 0.15) is 0 Å². The van der Waals surface area contributed by atoms with E-state index in [1.165, 1.54) is 0 Å².